The molecule has 28 heavy (non-hydrogen) atoms. The van der Waals surface area contributed by atoms with Crippen molar-refractivity contribution in [3.8, 4) is 5.75 Å². The number of ether oxygens (including phenoxy) is 1. The van der Waals surface area contributed by atoms with E-state index in [2.05, 4.69) is 5.32 Å². The van der Waals surface area contributed by atoms with Crippen molar-refractivity contribution in [1.82, 2.24) is 4.31 Å². The highest BCUT2D eigenvalue weighted by Crippen LogP contribution is 2.31. The molecule has 150 valence electrons. The number of nitrogens with one attached hydrogen (secondary N) is 1. The molecule has 10 heteroatoms. The van der Waals surface area contributed by atoms with Gasteiger partial charge in [0, 0.05) is 23.8 Å². The number of carbonyl (C=O) groups excluding carboxylic acids is 1. The van der Waals surface area contributed by atoms with Crippen LogP contribution in [0.1, 0.15) is 12.8 Å². The van der Waals surface area contributed by atoms with Crippen LogP contribution in [-0.2, 0) is 14.8 Å². The second-order valence-electron chi connectivity index (χ2n) is 6.17. The number of carbonyl (C=O) groups is 1. The van der Waals surface area contributed by atoms with E-state index in [1.54, 1.807) is 0 Å². The van der Waals surface area contributed by atoms with Crippen molar-refractivity contribution in [1.29, 1.82) is 0 Å². The third-order valence-electron chi connectivity index (χ3n) is 4.15. The lowest BCUT2D eigenvalue weighted by Crippen LogP contribution is -2.28. The fraction of sp³-hybridized carbons (Fsp3) is 0.278. The van der Waals surface area contributed by atoms with Gasteiger partial charge in [0.2, 0.25) is 10.0 Å². The van der Waals surface area contributed by atoms with Crippen LogP contribution in [0.25, 0.3) is 0 Å². The van der Waals surface area contributed by atoms with Crippen LogP contribution in [0.5, 0.6) is 5.75 Å². The Morgan fingerprint density at radius 2 is 1.86 bits per heavy atom. The van der Waals surface area contributed by atoms with Gasteiger partial charge >= 0.3 is 0 Å². The summed E-state index contributed by atoms with van der Waals surface area (Å²) in [6.45, 7) is 0.416. The van der Waals surface area contributed by atoms with Crippen molar-refractivity contribution in [3.05, 3.63) is 52.3 Å². The van der Waals surface area contributed by atoms with Crippen molar-refractivity contribution in [2.75, 3.05) is 25.0 Å². The Labute approximate surface area is 172 Å². The maximum Gasteiger partial charge on any atom is 0.262 e. The third kappa shape index (κ3) is 4.75. The monoisotopic (exact) mass is 446 g/mol. The Bertz CT molecular complexity index is 995. The molecule has 0 aliphatic carbocycles. The van der Waals surface area contributed by atoms with Gasteiger partial charge in [-0.05, 0) is 49.2 Å². The van der Waals surface area contributed by atoms with Crippen LogP contribution in [0, 0.1) is 5.82 Å². The molecule has 1 N–H and O–H groups in total. The molecule has 1 heterocycles. The molecular formula is C18H17Cl2FN2O4S. The van der Waals surface area contributed by atoms with Crippen LogP contribution in [-0.4, -0.2) is 38.3 Å². The first-order valence-electron chi connectivity index (χ1n) is 8.45. The van der Waals surface area contributed by atoms with Crippen LogP contribution < -0.4 is 10.1 Å². The molecule has 3 rings (SSSR count). The summed E-state index contributed by atoms with van der Waals surface area (Å²) in [6.07, 6.45) is 1.58. The zero-order valence-electron chi connectivity index (χ0n) is 14.6. The first-order chi connectivity index (χ1) is 13.3. The summed E-state index contributed by atoms with van der Waals surface area (Å²) >= 11 is 11.6. The topological polar surface area (TPSA) is 75.7 Å². The summed E-state index contributed by atoms with van der Waals surface area (Å²) in [7, 11) is -3.78. The van der Waals surface area contributed by atoms with E-state index in [1.807, 2.05) is 0 Å². The Hall–Kier alpha value is -1.87. The molecule has 0 spiro atoms. The quantitative estimate of drug-likeness (QED) is 0.728. The van der Waals surface area contributed by atoms with Gasteiger partial charge in [-0.2, -0.15) is 4.31 Å². The molecule has 2 aromatic carbocycles. The predicted molar refractivity (Wildman–Crippen MR) is 105 cm³/mol. The van der Waals surface area contributed by atoms with Crippen LogP contribution in [0.2, 0.25) is 10.0 Å². The number of nitrogens with zero attached hydrogens (tertiary/aromatic N) is 1. The van der Waals surface area contributed by atoms with Gasteiger partial charge in [-0.15, -0.1) is 0 Å². The van der Waals surface area contributed by atoms with Crippen LogP contribution in [0.3, 0.4) is 0 Å². The van der Waals surface area contributed by atoms with Crippen molar-refractivity contribution >= 4 is 44.8 Å². The minimum absolute atomic E-state index is 0.0311. The first-order valence-corrected chi connectivity index (χ1v) is 10.6. The number of benzene rings is 2. The number of amides is 1. The molecular weight excluding hydrogens is 430 g/mol. The Balaban J connectivity index is 1.73. The summed E-state index contributed by atoms with van der Waals surface area (Å²) in [4.78, 5) is 12.0. The summed E-state index contributed by atoms with van der Waals surface area (Å²) in [5, 5.41) is 2.62. The molecule has 1 aliphatic rings. The molecule has 6 nitrogen and oxygen atoms in total. The highest BCUT2D eigenvalue weighted by molar-refractivity contribution is 7.89. The number of rotatable bonds is 6. The molecule has 0 radical (unpaired) electrons. The molecule has 2 aromatic rings. The lowest BCUT2D eigenvalue weighted by atomic mass is 10.3. The highest BCUT2D eigenvalue weighted by Gasteiger charge is 2.30. The fourth-order valence-electron chi connectivity index (χ4n) is 2.78. The molecule has 1 fully saturated rings. The molecule has 0 bridgehead atoms. The summed E-state index contributed by atoms with van der Waals surface area (Å²) in [6, 6.07) is 7.94. The average molecular weight is 447 g/mol. The van der Waals surface area contributed by atoms with Crippen LogP contribution >= 0.6 is 23.2 Å². The van der Waals surface area contributed by atoms with Crippen LogP contribution in [0.15, 0.2) is 41.3 Å². The number of anilines is 1. The minimum Gasteiger partial charge on any atom is -0.482 e. The zero-order chi connectivity index (χ0) is 20.3. The Morgan fingerprint density at radius 3 is 2.54 bits per heavy atom. The van der Waals surface area contributed by atoms with Gasteiger partial charge in [-0.25, -0.2) is 12.8 Å². The molecule has 1 aliphatic heterocycles. The standard InChI is InChI=1S/C18H17Cl2FN2O4S/c19-12-3-6-16(17(9-12)28(25,26)23-7-1-2-8-23)27-11-18(24)22-13-4-5-15(21)14(20)10-13/h3-6,9-10H,1-2,7-8,11H2,(H,22,24). The molecule has 1 amide bonds. The normalized spacial score (nSPS) is 14.8. The van der Waals surface area contributed by atoms with Crippen LogP contribution in [0.4, 0.5) is 10.1 Å². The third-order valence-corrected chi connectivity index (χ3v) is 6.60. The van der Waals surface area contributed by atoms with Gasteiger partial charge in [-0.1, -0.05) is 23.2 Å². The number of hydrogen-bond acceptors (Lipinski definition) is 4. The largest absolute Gasteiger partial charge is 0.482 e. The zero-order valence-corrected chi connectivity index (χ0v) is 17.0. The molecule has 0 unspecified atom stereocenters. The van der Waals surface area contributed by atoms with Gasteiger partial charge in [0.1, 0.15) is 16.5 Å². The van der Waals surface area contributed by atoms with E-state index in [1.165, 1.54) is 34.6 Å². The van der Waals surface area contributed by atoms with E-state index in [-0.39, 0.29) is 20.7 Å². The van der Waals surface area contributed by atoms with Gasteiger partial charge in [-0.3, -0.25) is 4.79 Å². The van der Waals surface area contributed by atoms with Crippen molar-refractivity contribution in [2.24, 2.45) is 0 Å². The highest BCUT2D eigenvalue weighted by atomic mass is 35.5. The number of halogens is 3. The van der Waals surface area contributed by atoms with Gasteiger partial charge in [0.15, 0.2) is 6.61 Å². The molecule has 0 saturated carbocycles. The average Bonchev–Trinajstić information content (AvgIpc) is 3.19. The fourth-order valence-corrected chi connectivity index (χ4v) is 4.88. The smallest absolute Gasteiger partial charge is 0.262 e. The summed E-state index contributed by atoms with van der Waals surface area (Å²) < 4.78 is 45.7. The summed E-state index contributed by atoms with van der Waals surface area (Å²) in [5.74, 6) is -1.13. The van der Waals surface area contributed by atoms with Gasteiger partial charge in [0.05, 0.1) is 5.02 Å². The van der Waals surface area contributed by atoms with E-state index in [9.17, 15) is 17.6 Å². The van der Waals surface area contributed by atoms with Crippen molar-refractivity contribution < 1.29 is 22.3 Å². The first kappa shape index (κ1) is 20.9. The number of sulfonamides is 1. The van der Waals surface area contributed by atoms with E-state index >= 15 is 0 Å². The minimum atomic E-state index is -3.78. The predicted octanol–water partition coefficient (Wildman–Crippen LogP) is 3.93. The van der Waals surface area contributed by atoms with Gasteiger partial charge in [0.25, 0.3) is 5.91 Å². The Kier molecular flexibility index (Phi) is 6.44. The van der Waals surface area contributed by atoms with E-state index < -0.39 is 28.4 Å². The van der Waals surface area contributed by atoms with Gasteiger partial charge < -0.3 is 10.1 Å². The molecule has 0 atom stereocenters. The molecule has 1 saturated heterocycles. The molecule has 0 aromatic heterocycles. The van der Waals surface area contributed by atoms with Crippen molar-refractivity contribution in [2.45, 2.75) is 17.7 Å². The van der Waals surface area contributed by atoms with Crippen molar-refractivity contribution in [3.63, 3.8) is 0 Å². The summed E-state index contributed by atoms with van der Waals surface area (Å²) in [5.41, 5.74) is 0.293. The SMILES string of the molecule is O=C(COc1ccc(Cl)cc1S(=O)(=O)N1CCCC1)Nc1ccc(F)c(Cl)c1. The maximum absolute atomic E-state index is 13.2. The second kappa shape index (κ2) is 8.65. The van der Waals surface area contributed by atoms with E-state index in [0.29, 0.717) is 18.8 Å². The van der Waals surface area contributed by atoms with E-state index in [0.717, 1.165) is 18.9 Å². The second-order valence-corrected chi connectivity index (χ2v) is 8.92. The maximum atomic E-state index is 13.2. The Morgan fingerprint density at radius 1 is 1.14 bits per heavy atom. The lowest BCUT2D eigenvalue weighted by Gasteiger charge is -2.18. The van der Waals surface area contributed by atoms with E-state index in [4.69, 9.17) is 27.9 Å². The lowest BCUT2D eigenvalue weighted by molar-refractivity contribution is -0.118. The number of hydrogen-bond donors (Lipinski definition) is 1.